The van der Waals surface area contributed by atoms with Crippen molar-refractivity contribution in [1.29, 1.82) is 0 Å². The zero-order valence-electron chi connectivity index (χ0n) is 17.4. The zero-order chi connectivity index (χ0) is 23.4. The average Bonchev–Trinajstić information content (AvgIpc) is 3.27. The number of halogens is 1. The Morgan fingerprint density at radius 3 is 2.33 bits per heavy atom. The number of nitro benzene ring substituents is 1. The van der Waals surface area contributed by atoms with Crippen molar-refractivity contribution in [2.24, 2.45) is 0 Å². The Labute approximate surface area is 193 Å². The number of non-ortho nitro benzene ring substituents is 1. The molecule has 166 valence electrons. The summed E-state index contributed by atoms with van der Waals surface area (Å²) in [7, 11) is 1.57. The zero-order valence-corrected chi connectivity index (χ0v) is 18.2. The average molecular weight is 464 g/mol. The third kappa shape index (κ3) is 4.99. The van der Waals surface area contributed by atoms with Gasteiger partial charge in [-0.1, -0.05) is 23.7 Å². The monoisotopic (exact) mass is 463 g/mol. The minimum Gasteiger partial charge on any atom is -0.497 e. The molecular weight excluding hydrogens is 446 g/mol. The molecule has 33 heavy (non-hydrogen) atoms. The molecule has 0 saturated carbocycles. The first-order chi connectivity index (χ1) is 15.9. The first kappa shape index (κ1) is 22.0. The van der Waals surface area contributed by atoms with Crippen molar-refractivity contribution in [2.75, 3.05) is 12.4 Å². The number of carbonyl (C=O) groups is 1. The lowest BCUT2D eigenvalue weighted by Gasteiger charge is -2.07. The summed E-state index contributed by atoms with van der Waals surface area (Å²) >= 11 is 5.94. The Kier molecular flexibility index (Phi) is 6.32. The predicted molar refractivity (Wildman–Crippen MR) is 124 cm³/mol. The molecule has 9 nitrogen and oxygen atoms in total. The Balaban J connectivity index is 1.67. The number of carbonyl (C=O) groups excluding carboxylic acids is 1. The summed E-state index contributed by atoms with van der Waals surface area (Å²) in [4.78, 5) is 28.1. The van der Waals surface area contributed by atoms with Crippen molar-refractivity contribution >= 4 is 29.1 Å². The van der Waals surface area contributed by atoms with Crippen molar-refractivity contribution < 1.29 is 14.5 Å². The van der Waals surface area contributed by atoms with E-state index in [4.69, 9.17) is 16.3 Å². The highest BCUT2D eigenvalue weighted by atomic mass is 35.5. The van der Waals surface area contributed by atoms with Crippen molar-refractivity contribution in [3.05, 3.63) is 99.1 Å². The lowest BCUT2D eigenvalue weighted by molar-refractivity contribution is -0.384. The van der Waals surface area contributed by atoms with E-state index in [0.717, 1.165) is 10.2 Å². The van der Waals surface area contributed by atoms with Crippen LogP contribution in [0.5, 0.6) is 5.75 Å². The third-order valence-corrected chi connectivity index (χ3v) is 5.09. The highest BCUT2D eigenvalue weighted by Crippen LogP contribution is 2.23. The molecule has 1 aromatic heterocycles. The lowest BCUT2D eigenvalue weighted by atomic mass is 10.2. The predicted octanol–water partition coefficient (Wildman–Crippen LogP) is 4.82. The van der Waals surface area contributed by atoms with Gasteiger partial charge in [0.1, 0.15) is 5.75 Å². The minimum absolute atomic E-state index is 0.106. The molecule has 0 amide bonds. The molecule has 4 aromatic rings. The van der Waals surface area contributed by atoms with Crippen LogP contribution in [0.4, 0.5) is 11.6 Å². The highest BCUT2D eigenvalue weighted by molar-refractivity contribution is 6.30. The van der Waals surface area contributed by atoms with Gasteiger partial charge >= 0.3 is 0 Å². The molecule has 0 aliphatic rings. The van der Waals surface area contributed by atoms with Crippen molar-refractivity contribution in [3.63, 3.8) is 0 Å². The molecule has 0 spiro atoms. The van der Waals surface area contributed by atoms with E-state index in [0.29, 0.717) is 28.7 Å². The quantitative estimate of drug-likeness (QED) is 0.309. The van der Waals surface area contributed by atoms with E-state index >= 15 is 0 Å². The number of aromatic nitrogens is 3. The van der Waals surface area contributed by atoms with Crippen LogP contribution < -0.4 is 10.1 Å². The van der Waals surface area contributed by atoms with Crippen LogP contribution in [0.3, 0.4) is 0 Å². The van der Waals surface area contributed by atoms with Gasteiger partial charge in [0.05, 0.1) is 12.0 Å². The van der Waals surface area contributed by atoms with Crippen LogP contribution in [0, 0.1) is 10.1 Å². The molecule has 10 heteroatoms. The van der Waals surface area contributed by atoms with E-state index in [-0.39, 0.29) is 17.2 Å². The number of ether oxygens (including phenoxy) is 1. The number of benzene rings is 3. The van der Waals surface area contributed by atoms with Crippen LogP contribution in [0.15, 0.2) is 72.8 Å². The Morgan fingerprint density at radius 1 is 1.06 bits per heavy atom. The summed E-state index contributed by atoms with van der Waals surface area (Å²) in [6.07, 6.45) is 0. The summed E-state index contributed by atoms with van der Waals surface area (Å²) in [6.45, 7) is 0.380. The molecule has 0 radical (unpaired) electrons. The molecule has 0 aliphatic heterocycles. The largest absolute Gasteiger partial charge is 0.497 e. The molecule has 0 fully saturated rings. The number of hydrogen-bond donors (Lipinski definition) is 1. The van der Waals surface area contributed by atoms with Gasteiger partial charge in [0, 0.05) is 34.8 Å². The molecule has 0 aliphatic carbocycles. The number of methoxy groups -OCH3 is 1. The van der Waals surface area contributed by atoms with Gasteiger partial charge in [-0.3, -0.25) is 14.9 Å². The fourth-order valence-electron chi connectivity index (χ4n) is 3.06. The van der Waals surface area contributed by atoms with Gasteiger partial charge in [0.2, 0.25) is 5.95 Å². The molecule has 4 rings (SSSR count). The minimum atomic E-state index is -0.523. The number of hydrogen-bond acceptors (Lipinski definition) is 7. The normalized spacial score (nSPS) is 10.6. The summed E-state index contributed by atoms with van der Waals surface area (Å²) in [5.41, 5.74) is 1.76. The van der Waals surface area contributed by atoms with Gasteiger partial charge in [-0.15, -0.1) is 5.10 Å². The molecule has 0 atom stereocenters. The first-order valence-electron chi connectivity index (χ1n) is 9.83. The molecule has 0 unspecified atom stereocenters. The topological polar surface area (TPSA) is 112 Å². The molecule has 0 bridgehead atoms. The molecule has 3 aromatic carbocycles. The van der Waals surface area contributed by atoms with Gasteiger partial charge in [0.15, 0.2) is 5.82 Å². The Morgan fingerprint density at radius 2 is 1.73 bits per heavy atom. The molecular formula is C23H18ClN5O4. The standard InChI is InChI=1S/C23H18ClN5O4/c1-33-20-12-6-16(7-13-20)21-26-23(25-14-15-2-8-18(24)9-3-15)28(27-21)22(30)17-4-10-19(11-5-17)29(31)32/h2-13H,14H2,1H3,(H,25,26,27). The number of rotatable bonds is 7. The fourth-order valence-corrected chi connectivity index (χ4v) is 3.19. The van der Waals surface area contributed by atoms with Crippen LogP contribution in [-0.4, -0.2) is 32.7 Å². The van der Waals surface area contributed by atoms with Gasteiger partial charge in [-0.05, 0) is 54.1 Å². The van der Waals surface area contributed by atoms with Crippen molar-refractivity contribution in [2.45, 2.75) is 6.54 Å². The summed E-state index contributed by atoms with van der Waals surface area (Å²) in [5.74, 6) is 0.780. The smallest absolute Gasteiger partial charge is 0.281 e. The van der Waals surface area contributed by atoms with Crippen molar-refractivity contribution in [3.8, 4) is 17.1 Å². The van der Waals surface area contributed by atoms with Crippen LogP contribution in [0.25, 0.3) is 11.4 Å². The first-order valence-corrected chi connectivity index (χ1v) is 10.2. The third-order valence-electron chi connectivity index (χ3n) is 4.84. The van der Waals surface area contributed by atoms with Crippen LogP contribution in [-0.2, 0) is 6.54 Å². The molecule has 0 saturated heterocycles. The molecule has 1 heterocycles. The Bertz CT molecular complexity index is 1290. The SMILES string of the molecule is COc1ccc(-c2nc(NCc3ccc(Cl)cc3)n(C(=O)c3ccc([N+](=O)[O-])cc3)n2)cc1. The van der Waals surface area contributed by atoms with Gasteiger partial charge in [0.25, 0.3) is 11.6 Å². The van der Waals surface area contributed by atoms with E-state index in [1.165, 1.54) is 24.3 Å². The number of anilines is 1. The second-order valence-electron chi connectivity index (χ2n) is 6.99. The van der Waals surface area contributed by atoms with Gasteiger partial charge < -0.3 is 10.1 Å². The van der Waals surface area contributed by atoms with Gasteiger partial charge in [-0.25, -0.2) is 0 Å². The lowest BCUT2D eigenvalue weighted by Crippen LogP contribution is -2.17. The van der Waals surface area contributed by atoms with E-state index < -0.39 is 10.8 Å². The van der Waals surface area contributed by atoms with Crippen LogP contribution >= 0.6 is 11.6 Å². The van der Waals surface area contributed by atoms with Crippen LogP contribution in [0.1, 0.15) is 15.9 Å². The maximum absolute atomic E-state index is 13.2. The Hall–Kier alpha value is -4.24. The van der Waals surface area contributed by atoms with Crippen molar-refractivity contribution in [1.82, 2.24) is 14.8 Å². The van der Waals surface area contributed by atoms with E-state index in [1.54, 1.807) is 43.5 Å². The summed E-state index contributed by atoms with van der Waals surface area (Å²) < 4.78 is 6.33. The van der Waals surface area contributed by atoms with Gasteiger partial charge in [-0.2, -0.15) is 9.67 Å². The van der Waals surface area contributed by atoms with Crippen LogP contribution in [0.2, 0.25) is 5.02 Å². The highest BCUT2D eigenvalue weighted by Gasteiger charge is 2.20. The van der Waals surface area contributed by atoms with E-state index in [1.807, 2.05) is 12.1 Å². The number of nitro groups is 1. The maximum Gasteiger partial charge on any atom is 0.281 e. The van der Waals surface area contributed by atoms with E-state index in [9.17, 15) is 14.9 Å². The summed E-state index contributed by atoms with van der Waals surface area (Å²) in [5, 5.41) is 19.1. The fraction of sp³-hybridized carbons (Fsp3) is 0.0870. The summed E-state index contributed by atoms with van der Waals surface area (Å²) in [6, 6.07) is 19.7. The maximum atomic E-state index is 13.2. The molecule has 1 N–H and O–H groups in total. The second-order valence-corrected chi connectivity index (χ2v) is 7.42. The number of nitrogens with one attached hydrogen (secondary N) is 1. The second kappa shape index (κ2) is 9.49. The van der Waals surface area contributed by atoms with E-state index in [2.05, 4.69) is 15.4 Å². The number of nitrogens with zero attached hydrogens (tertiary/aromatic N) is 4.